The highest BCUT2D eigenvalue weighted by Crippen LogP contribution is 2.47. The van der Waals surface area contributed by atoms with Crippen LogP contribution in [0.5, 0.6) is 0 Å². The van der Waals surface area contributed by atoms with E-state index in [0.717, 1.165) is 21.3 Å². The van der Waals surface area contributed by atoms with Crippen LogP contribution in [0.3, 0.4) is 0 Å². The minimum atomic E-state index is -2.46. The van der Waals surface area contributed by atoms with Crippen LogP contribution >= 0.6 is 0 Å². The monoisotopic (exact) mass is 511 g/mol. The fourth-order valence-corrected chi connectivity index (χ4v) is 5.60. The predicted molar refractivity (Wildman–Crippen MR) is 140 cm³/mol. The molecule has 1 aliphatic heterocycles. The van der Waals surface area contributed by atoms with Crippen molar-refractivity contribution in [3.63, 3.8) is 0 Å². The minimum Gasteiger partial charge on any atom is -0.389 e. The third kappa shape index (κ3) is 3.51. The van der Waals surface area contributed by atoms with Crippen molar-refractivity contribution in [3.8, 4) is 0 Å². The number of nitrogens with two attached hydrogens (primary N) is 1. The Morgan fingerprint density at radius 1 is 0.895 bits per heavy atom. The maximum atomic E-state index is 16.7. The lowest BCUT2D eigenvalue weighted by atomic mass is 9.64. The van der Waals surface area contributed by atoms with Gasteiger partial charge in [-0.15, -0.1) is 0 Å². The Kier molecular flexibility index (Phi) is 5.91. The van der Waals surface area contributed by atoms with Gasteiger partial charge in [-0.05, 0) is 16.7 Å². The number of alkyl halides is 1. The smallest absolute Gasteiger partial charge is 0.240 e. The molecule has 5 aromatic rings. The number of hydrogen-bond acceptors (Lipinski definition) is 7. The van der Waals surface area contributed by atoms with Crippen LogP contribution in [0.15, 0.2) is 104 Å². The van der Waals surface area contributed by atoms with E-state index in [1.807, 2.05) is 91.0 Å². The molecule has 1 saturated heterocycles. The highest BCUT2D eigenvalue weighted by Gasteiger charge is 2.59. The van der Waals surface area contributed by atoms with Crippen molar-refractivity contribution >= 4 is 17.0 Å². The second-order valence-corrected chi connectivity index (χ2v) is 9.44. The van der Waals surface area contributed by atoms with E-state index in [-0.39, 0.29) is 17.0 Å². The number of halogens is 1. The summed E-state index contributed by atoms with van der Waals surface area (Å²) in [7, 11) is 0. The van der Waals surface area contributed by atoms with Gasteiger partial charge in [0, 0.05) is 0 Å². The van der Waals surface area contributed by atoms with Crippen molar-refractivity contribution < 1.29 is 19.3 Å². The molecule has 9 heteroatoms. The zero-order chi connectivity index (χ0) is 26.3. The van der Waals surface area contributed by atoms with Crippen LogP contribution in [-0.4, -0.2) is 54.7 Å². The summed E-state index contributed by atoms with van der Waals surface area (Å²) < 4.78 is 23.7. The van der Waals surface area contributed by atoms with E-state index >= 15 is 4.39 Å². The Bertz CT molecular complexity index is 1450. The first kappa shape index (κ1) is 24.2. The van der Waals surface area contributed by atoms with Gasteiger partial charge in [0.1, 0.15) is 36.8 Å². The summed E-state index contributed by atoms with van der Waals surface area (Å²) in [5.41, 5.74) is 7.34. The number of rotatable bonds is 6. The van der Waals surface area contributed by atoms with Crippen molar-refractivity contribution in [2.24, 2.45) is 0 Å². The van der Waals surface area contributed by atoms with E-state index in [2.05, 4.69) is 15.0 Å². The minimum absolute atomic E-state index is 0.0959. The first-order valence-electron chi connectivity index (χ1n) is 12.2. The maximum absolute atomic E-state index is 16.7. The van der Waals surface area contributed by atoms with Crippen molar-refractivity contribution in [1.82, 2.24) is 19.5 Å². The number of anilines is 1. The number of aromatic nitrogens is 4. The van der Waals surface area contributed by atoms with E-state index in [4.69, 9.17) is 10.5 Å². The normalized spacial score (nSPS) is 22.5. The SMILES string of the molecule is Nc1ncnc2c1ncn2[C@@]1(F)CO[C@H](C(O)C(c2ccccc2)(c2ccccc2)c2ccccc2)[C@H]1O. The number of ether oxygens (including phenoxy) is 1. The number of aliphatic hydroxyl groups excluding tert-OH is 2. The molecule has 6 rings (SSSR count). The largest absolute Gasteiger partial charge is 0.389 e. The number of benzene rings is 3. The van der Waals surface area contributed by atoms with E-state index in [1.165, 1.54) is 12.7 Å². The van der Waals surface area contributed by atoms with Gasteiger partial charge < -0.3 is 20.7 Å². The predicted octanol–water partition coefficient (Wildman–Crippen LogP) is 3.19. The molecule has 0 saturated carbocycles. The molecule has 1 aliphatic rings. The van der Waals surface area contributed by atoms with Crippen LogP contribution in [0, 0.1) is 0 Å². The number of nitrogen functional groups attached to an aromatic ring is 1. The highest BCUT2D eigenvalue weighted by atomic mass is 19.1. The van der Waals surface area contributed by atoms with Gasteiger partial charge in [0.05, 0.1) is 11.7 Å². The molecule has 0 radical (unpaired) electrons. The van der Waals surface area contributed by atoms with E-state index < -0.39 is 36.1 Å². The van der Waals surface area contributed by atoms with Crippen LogP contribution < -0.4 is 5.73 Å². The molecule has 192 valence electrons. The van der Waals surface area contributed by atoms with Gasteiger partial charge in [-0.2, -0.15) is 0 Å². The lowest BCUT2D eigenvalue weighted by molar-refractivity contribution is -0.0814. The molecule has 0 amide bonds. The Morgan fingerprint density at radius 2 is 1.42 bits per heavy atom. The van der Waals surface area contributed by atoms with Crippen LogP contribution in [-0.2, 0) is 15.9 Å². The molecule has 4 N–H and O–H groups in total. The molecule has 1 unspecified atom stereocenters. The Labute approximate surface area is 218 Å². The summed E-state index contributed by atoms with van der Waals surface area (Å²) >= 11 is 0. The molecule has 0 bridgehead atoms. The number of aliphatic hydroxyl groups is 2. The van der Waals surface area contributed by atoms with Crippen LogP contribution in [0.2, 0.25) is 0 Å². The van der Waals surface area contributed by atoms with Crippen LogP contribution in [0.1, 0.15) is 16.7 Å². The number of imidazole rings is 1. The van der Waals surface area contributed by atoms with Gasteiger partial charge in [-0.3, -0.25) is 4.57 Å². The fraction of sp³-hybridized carbons (Fsp3) is 0.207. The Balaban J connectivity index is 1.51. The highest BCUT2D eigenvalue weighted by molar-refractivity contribution is 5.81. The summed E-state index contributed by atoms with van der Waals surface area (Å²) in [4.78, 5) is 12.2. The van der Waals surface area contributed by atoms with Crippen molar-refractivity contribution in [2.75, 3.05) is 12.3 Å². The topological polar surface area (TPSA) is 119 Å². The molecule has 4 atom stereocenters. The molecule has 0 spiro atoms. The molecular formula is C29H26FN5O3. The van der Waals surface area contributed by atoms with E-state index in [1.54, 1.807) is 0 Å². The summed E-state index contributed by atoms with van der Waals surface area (Å²) in [5.74, 6) is -2.37. The zero-order valence-electron chi connectivity index (χ0n) is 20.3. The fourth-order valence-electron chi connectivity index (χ4n) is 5.60. The summed E-state index contributed by atoms with van der Waals surface area (Å²) in [6.45, 7) is -0.528. The maximum Gasteiger partial charge on any atom is 0.240 e. The molecular weight excluding hydrogens is 485 g/mol. The zero-order valence-corrected chi connectivity index (χ0v) is 20.3. The number of nitrogens with zero attached hydrogens (tertiary/aromatic N) is 4. The van der Waals surface area contributed by atoms with Crippen molar-refractivity contribution in [2.45, 2.75) is 29.5 Å². The first-order valence-corrected chi connectivity index (χ1v) is 12.2. The second kappa shape index (κ2) is 9.29. The van der Waals surface area contributed by atoms with Crippen molar-refractivity contribution in [3.05, 3.63) is 120 Å². The first-order chi connectivity index (χ1) is 18.5. The van der Waals surface area contributed by atoms with Gasteiger partial charge in [0.2, 0.25) is 5.79 Å². The average molecular weight is 512 g/mol. The molecule has 3 aromatic carbocycles. The molecule has 0 aliphatic carbocycles. The molecule has 2 aromatic heterocycles. The third-order valence-corrected chi connectivity index (χ3v) is 7.45. The lowest BCUT2D eigenvalue weighted by Gasteiger charge is -2.43. The molecule has 8 nitrogen and oxygen atoms in total. The standard InChI is InChI=1S/C29H26FN5O3/c30-28(35-18-34-22-26(31)32-17-33-27(22)35)16-38-23(24(28)36)25(37)29(19-10-4-1-5-11-19,20-12-6-2-7-13-20)21-14-8-3-9-15-21/h1-15,17-18,23-25,36-37H,16H2,(H2,31,32,33)/t23-,24+,25?,28-/m0/s1. The van der Waals surface area contributed by atoms with Crippen LogP contribution in [0.25, 0.3) is 11.2 Å². The van der Waals surface area contributed by atoms with E-state index in [0.29, 0.717) is 0 Å². The van der Waals surface area contributed by atoms with Gasteiger partial charge in [-0.1, -0.05) is 91.0 Å². The molecule has 1 fully saturated rings. The van der Waals surface area contributed by atoms with Gasteiger partial charge >= 0.3 is 0 Å². The number of fused-ring (bicyclic) bond motifs is 1. The average Bonchev–Trinajstić information content (AvgIpc) is 3.53. The Morgan fingerprint density at radius 3 is 1.95 bits per heavy atom. The quantitative estimate of drug-likeness (QED) is 0.300. The summed E-state index contributed by atoms with van der Waals surface area (Å²) in [6.07, 6.45) is -2.04. The summed E-state index contributed by atoms with van der Waals surface area (Å²) in [6, 6.07) is 28.5. The molecule has 38 heavy (non-hydrogen) atoms. The summed E-state index contributed by atoms with van der Waals surface area (Å²) in [5, 5.41) is 23.8. The van der Waals surface area contributed by atoms with E-state index in [9.17, 15) is 10.2 Å². The van der Waals surface area contributed by atoms with Gasteiger partial charge in [0.15, 0.2) is 11.5 Å². The second-order valence-electron chi connectivity index (χ2n) is 9.44. The van der Waals surface area contributed by atoms with Gasteiger partial charge in [0.25, 0.3) is 0 Å². The van der Waals surface area contributed by atoms with Gasteiger partial charge in [-0.25, -0.2) is 19.3 Å². The lowest BCUT2D eigenvalue weighted by Crippen LogP contribution is -2.54. The third-order valence-electron chi connectivity index (χ3n) is 7.45. The Hall–Kier alpha value is -4.18. The van der Waals surface area contributed by atoms with Crippen molar-refractivity contribution in [1.29, 1.82) is 0 Å². The van der Waals surface area contributed by atoms with Crippen LogP contribution in [0.4, 0.5) is 10.2 Å². The number of hydrogen-bond donors (Lipinski definition) is 3. The molecule has 3 heterocycles.